The van der Waals surface area contributed by atoms with Crippen molar-refractivity contribution in [1.82, 2.24) is 4.90 Å². The van der Waals surface area contributed by atoms with Gasteiger partial charge in [-0.15, -0.1) is 0 Å². The van der Waals surface area contributed by atoms with Gasteiger partial charge in [-0.2, -0.15) is 0 Å². The van der Waals surface area contributed by atoms with Crippen LogP contribution in [-0.2, 0) is 21.1 Å². The summed E-state index contributed by atoms with van der Waals surface area (Å²) in [4.78, 5) is 2.81. The second-order valence-electron chi connectivity index (χ2n) is 5.80. The molecule has 0 atom stereocenters. The van der Waals surface area contributed by atoms with E-state index in [1.807, 2.05) is 12.1 Å². The molecule has 1 fully saturated rings. The fraction of sp³-hybridized carbons (Fsp3) is 0.625. The van der Waals surface area contributed by atoms with Gasteiger partial charge in [-0.25, -0.2) is 8.42 Å². The quantitative estimate of drug-likeness (QED) is 0.809. The first-order chi connectivity index (χ1) is 9.99. The van der Waals surface area contributed by atoms with Gasteiger partial charge in [-0.3, -0.25) is 4.90 Å². The lowest BCUT2D eigenvalue weighted by Gasteiger charge is -2.29. The first kappa shape index (κ1) is 16.5. The molecule has 0 aromatic heterocycles. The lowest BCUT2D eigenvalue weighted by molar-refractivity contribution is 0.0521. The van der Waals surface area contributed by atoms with E-state index < -0.39 is 9.84 Å². The Morgan fingerprint density at radius 2 is 1.81 bits per heavy atom. The van der Waals surface area contributed by atoms with E-state index >= 15 is 0 Å². The Kier molecular flexibility index (Phi) is 5.79. The van der Waals surface area contributed by atoms with Gasteiger partial charge in [-0.05, 0) is 43.0 Å². The maximum absolute atomic E-state index is 11.5. The Bertz CT molecular complexity index is 533. The maximum Gasteiger partial charge on any atom is 0.175 e. The summed E-state index contributed by atoms with van der Waals surface area (Å²) < 4.78 is 28.3. The molecule has 0 unspecified atom stereocenters. The molecule has 0 aliphatic carbocycles. The highest BCUT2D eigenvalue weighted by Crippen LogP contribution is 2.18. The molecule has 21 heavy (non-hydrogen) atoms. The molecule has 5 heteroatoms. The summed E-state index contributed by atoms with van der Waals surface area (Å²) in [6.07, 6.45) is 3.53. The minimum atomic E-state index is -3.10. The lowest BCUT2D eigenvalue weighted by atomic mass is 9.99. The molecular formula is C16H25NO3S. The number of sulfone groups is 1. The van der Waals surface area contributed by atoms with Gasteiger partial charge in [0, 0.05) is 32.6 Å². The molecule has 0 radical (unpaired) electrons. The number of rotatable bonds is 6. The summed E-state index contributed by atoms with van der Waals surface area (Å²) in [5.41, 5.74) is 1.16. The molecule has 2 rings (SSSR count). The van der Waals surface area contributed by atoms with Crippen molar-refractivity contribution >= 4 is 9.84 Å². The van der Waals surface area contributed by atoms with Crippen LogP contribution >= 0.6 is 0 Å². The minimum absolute atomic E-state index is 0.388. The Labute approximate surface area is 128 Å². The summed E-state index contributed by atoms with van der Waals surface area (Å²) in [6.45, 7) is 6.90. The summed E-state index contributed by atoms with van der Waals surface area (Å²) >= 11 is 0. The lowest BCUT2D eigenvalue weighted by Crippen LogP contribution is -2.32. The first-order valence-corrected chi connectivity index (χ1v) is 9.47. The zero-order valence-corrected chi connectivity index (χ0v) is 13.7. The van der Waals surface area contributed by atoms with Crippen LogP contribution < -0.4 is 0 Å². The van der Waals surface area contributed by atoms with Gasteiger partial charge >= 0.3 is 0 Å². The largest absolute Gasteiger partial charge is 0.381 e. The normalized spacial score (nSPS) is 17.3. The molecule has 0 bridgehead atoms. The number of hydrogen-bond acceptors (Lipinski definition) is 4. The zero-order valence-electron chi connectivity index (χ0n) is 12.9. The number of benzene rings is 1. The number of ether oxygens (including phenoxy) is 1. The van der Waals surface area contributed by atoms with E-state index in [1.54, 1.807) is 12.1 Å². The third-order valence-electron chi connectivity index (χ3n) is 4.06. The van der Waals surface area contributed by atoms with Crippen LogP contribution in [-0.4, -0.2) is 45.9 Å². The summed E-state index contributed by atoms with van der Waals surface area (Å²) in [6, 6.07) is 7.24. The molecule has 4 nitrogen and oxygen atoms in total. The van der Waals surface area contributed by atoms with Gasteiger partial charge in [0.25, 0.3) is 0 Å². The average molecular weight is 311 g/mol. The van der Waals surface area contributed by atoms with Crippen LogP contribution in [0.3, 0.4) is 0 Å². The van der Waals surface area contributed by atoms with Gasteiger partial charge in [0.2, 0.25) is 0 Å². The highest BCUT2D eigenvalue weighted by Gasteiger charge is 2.17. The van der Waals surface area contributed by atoms with Crippen LogP contribution in [0.2, 0.25) is 0 Å². The van der Waals surface area contributed by atoms with E-state index in [4.69, 9.17) is 4.74 Å². The highest BCUT2D eigenvalue weighted by molar-refractivity contribution is 7.90. The van der Waals surface area contributed by atoms with Crippen LogP contribution in [0.25, 0.3) is 0 Å². The van der Waals surface area contributed by atoms with Crippen LogP contribution in [0.5, 0.6) is 0 Å². The second-order valence-corrected chi connectivity index (χ2v) is 7.82. The molecule has 0 N–H and O–H groups in total. The molecule has 1 aromatic rings. The van der Waals surface area contributed by atoms with Gasteiger partial charge < -0.3 is 4.74 Å². The molecule has 1 aromatic carbocycles. The van der Waals surface area contributed by atoms with Crippen molar-refractivity contribution in [3.05, 3.63) is 29.8 Å². The van der Waals surface area contributed by atoms with Crippen molar-refractivity contribution in [3.63, 3.8) is 0 Å². The van der Waals surface area contributed by atoms with Crippen LogP contribution in [0, 0.1) is 5.92 Å². The standard InChI is InChI=1S/C16H25NO3S/c1-3-17(13-15-8-10-20-11-9-15)12-14-4-6-16(7-5-14)21(2,18)19/h4-7,15H,3,8-13H2,1-2H3. The SMILES string of the molecule is CCN(Cc1ccc(S(C)(=O)=O)cc1)CC1CCOCC1. The van der Waals surface area contributed by atoms with Crippen LogP contribution in [0.1, 0.15) is 25.3 Å². The van der Waals surface area contributed by atoms with E-state index in [-0.39, 0.29) is 0 Å². The summed E-state index contributed by atoms with van der Waals surface area (Å²) in [5.74, 6) is 0.717. The second kappa shape index (κ2) is 7.38. The third-order valence-corrected chi connectivity index (χ3v) is 5.19. The molecular weight excluding hydrogens is 286 g/mol. The fourth-order valence-corrected chi connectivity index (χ4v) is 3.33. The average Bonchev–Trinajstić information content (AvgIpc) is 2.47. The molecule has 118 valence electrons. The van der Waals surface area contributed by atoms with E-state index in [9.17, 15) is 8.42 Å². The van der Waals surface area contributed by atoms with Crippen molar-refractivity contribution < 1.29 is 13.2 Å². The van der Waals surface area contributed by atoms with Gasteiger partial charge in [0.15, 0.2) is 9.84 Å². The zero-order chi connectivity index (χ0) is 15.3. The van der Waals surface area contributed by atoms with Crippen molar-refractivity contribution in [3.8, 4) is 0 Å². The van der Waals surface area contributed by atoms with E-state index in [0.717, 1.165) is 51.3 Å². The smallest absolute Gasteiger partial charge is 0.175 e. The molecule has 0 saturated carbocycles. The van der Waals surface area contributed by atoms with Crippen molar-refractivity contribution in [1.29, 1.82) is 0 Å². The van der Waals surface area contributed by atoms with E-state index in [2.05, 4.69) is 11.8 Å². The molecule has 0 spiro atoms. The summed E-state index contributed by atoms with van der Waals surface area (Å²) in [7, 11) is -3.10. The van der Waals surface area contributed by atoms with Crippen LogP contribution in [0.4, 0.5) is 0 Å². The Morgan fingerprint density at radius 3 is 2.33 bits per heavy atom. The fourth-order valence-electron chi connectivity index (χ4n) is 2.70. The van der Waals surface area contributed by atoms with Gasteiger partial charge in [0.05, 0.1) is 4.90 Å². The van der Waals surface area contributed by atoms with Crippen molar-refractivity contribution in [2.75, 3.05) is 32.6 Å². The van der Waals surface area contributed by atoms with E-state index in [0.29, 0.717) is 10.8 Å². The summed E-state index contributed by atoms with van der Waals surface area (Å²) in [5, 5.41) is 0. The number of nitrogens with zero attached hydrogens (tertiary/aromatic N) is 1. The topological polar surface area (TPSA) is 46.6 Å². The Balaban J connectivity index is 1.94. The third kappa shape index (κ3) is 5.09. The highest BCUT2D eigenvalue weighted by atomic mass is 32.2. The van der Waals surface area contributed by atoms with E-state index in [1.165, 1.54) is 6.26 Å². The number of hydrogen-bond donors (Lipinski definition) is 0. The van der Waals surface area contributed by atoms with Gasteiger partial charge in [-0.1, -0.05) is 19.1 Å². The molecule has 1 saturated heterocycles. The monoisotopic (exact) mass is 311 g/mol. The maximum atomic E-state index is 11.5. The van der Waals surface area contributed by atoms with Crippen LogP contribution in [0.15, 0.2) is 29.2 Å². The van der Waals surface area contributed by atoms with Crippen molar-refractivity contribution in [2.24, 2.45) is 5.92 Å². The predicted molar refractivity (Wildman–Crippen MR) is 84.0 cm³/mol. The first-order valence-electron chi connectivity index (χ1n) is 7.58. The molecule has 0 amide bonds. The molecule has 1 aliphatic heterocycles. The Hall–Kier alpha value is -0.910. The molecule has 1 heterocycles. The molecule has 1 aliphatic rings. The van der Waals surface area contributed by atoms with Crippen molar-refractivity contribution in [2.45, 2.75) is 31.2 Å². The minimum Gasteiger partial charge on any atom is -0.381 e. The predicted octanol–water partition coefficient (Wildman–Crippen LogP) is 2.34. The van der Waals surface area contributed by atoms with Gasteiger partial charge in [0.1, 0.15) is 0 Å². The Morgan fingerprint density at radius 1 is 1.19 bits per heavy atom.